The van der Waals surface area contributed by atoms with Crippen LogP contribution in [0.4, 0.5) is 0 Å². The molecule has 1 N–H and O–H groups in total. The second kappa shape index (κ2) is 5.01. The van der Waals surface area contributed by atoms with Gasteiger partial charge < -0.3 is 9.84 Å². The molecule has 0 aliphatic heterocycles. The van der Waals surface area contributed by atoms with Crippen molar-refractivity contribution in [1.29, 1.82) is 0 Å². The average Bonchev–Trinajstić information content (AvgIpc) is 2.06. The first-order chi connectivity index (χ1) is 6.59. The zero-order chi connectivity index (χ0) is 10.6. The van der Waals surface area contributed by atoms with Gasteiger partial charge in [-0.2, -0.15) is 0 Å². The smallest absolute Gasteiger partial charge is 0.122 e. The number of hydrogen-bond donors (Lipinski definition) is 1. The van der Waals surface area contributed by atoms with Gasteiger partial charge in [0.05, 0.1) is 12.2 Å². The van der Waals surface area contributed by atoms with E-state index in [0.29, 0.717) is 6.42 Å². The molecular weight excluding hydrogens is 176 g/mol. The normalized spacial score (nSPS) is 12.9. The topological polar surface area (TPSA) is 29.5 Å². The Balaban J connectivity index is 2.80. The molecule has 0 aromatic heterocycles. The maximum atomic E-state index is 9.31. The molecule has 0 radical (unpaired) electrons. The largest absolute Gasteiger partial charge is 0.491 e. The SMILES string of the molecule is CC(C)Oc1ccccc1C[C@@H](C)O. The molecule has 2 heteroatoms. The summed E-state index contributed by atoms with van der Waals surface area (Å²) in [5.74, 6) is 0.878. The highest BCUT2D eigenvalue weighted by molar-refractivity contribution is 5.33. The van der Waals surface area contributed by atoms with Gasteiger partial charge in [0.1, 0.15) is 5.75 Å². The van der Waals surface area contributed by atoms with Gasteiger partial charge in [0, 0.05) is 6.42 Å². The Hall–Kier alpha value is -1.02. The van der Waals surface area contributed by atoms with E-state index in [1.807, 2.05) is 38.1 Å². The molecule has 2 nitrogen and oxygen atoms in total. The van der Waals surface area contributed by atoms with Crippen molar-refractivity contribution in [3.05, 3.63) is 29.8 Å². The van der Waals surface area contributed by atoms with E-state index in [4.69, 9.17) is 4.74 Å². The van der Waals surface area contributed by atoms with Crippen LogP contribution in [-0.4, -0.2) is 17.3 Å². The van der Waals surface area contributed by atoms with E-state index in [9.17, 15) is 5.11 Å². The fourth-order valence-corrected chi connectivity index (χ4v) is 1.36. The summed E-state index contributed by atoms with van der Waals surface area (Å²) in [5, 5.41) is 9.31. The second-order valence-electron chi connectivity index (χ2n) is 3.83. The molecular formula is C12H18O2. The molecule has 0 saturated heterocycles. The number of benzene rings is 1. The van der Waals surface area contributed by atoms with Gasteiger partial charge >= 0.3 is 0 Å². The molecule has 0 unspecified atom stereocenters. The maximum absolute atomic E-state index is 9.31. The van der Waals surface area contributed by atoms with Gasteiger partial charge in [-0.1, -0.05) is 18.2 Å². The molecule has 0 aliphatic rings. The van der Waals surface area contributed by atoms with Crippen molar-refractivity contribution < 1.29 is 9.84 Å². The Labute approximate surface area is 85.5 Å². The minimum atomic E-state index is -0.327. The lowest BCUT2D eigenvalue weighted by Crippen LogP contribution is -2.10. The van der Waals surface area contributed by atoms with Crippen molar-refractivity contribution in [2.75, 3.05) is 0 Å². The Morgan fingerprint density at radius 2 is 1.86 bits per heavy atom. The summed E-state index contributed by atoms with van der Waals surface area (Å²) in [6, 6.07) is 7.84. The maximum Gasteiger partial charge on any atom is 0.122 e. The standard InChI is InChI=1S/C12H18O2/c1-9(2)14-12-7-5-4-6-11(12)8-10(3)13/h4-7,9-10,13H,8H2,1-3H3/t10-/m1/s1. The molecule has 0 aliphatic carbocycles. The first-order valence-electron chi connectivity index (χ1n) is 5.02. The summed E-state index contributed by atoms with van der Waals surface area (Å²) in [5.41, 5.74) is 1.07. The third-order valence-corrected chi connectivity index (χ3v) is 1.85. The molecule has 0 fully saturated rings. The Morgan fingerprint density at radius 3 is 2.43 bits per heavy atom. The quantitative estimate of drug-likeness (QED) is 0.797. The van der Waals surface area contributed by atoms with Gasteiger partial charge in [-0.25, -0.2) is 0 Å². The van der Waals surface area contributed by atoms with Crippen molar-refractivity contribution in [1.82, 2.24) is 0 Å². The minimum Gasteiger partial charge on any atom is -0.491 e. The van der Waals surface area contributed by atoms with E-state index in [1.165, 1.54) is 0 Å². The van der Waals surface area contributed by atoms with Crippen LogP contribution in [0.1, 0.15) is 26.3 Å². The van der Waals surface area contributed by atoms with E-state index in [0.717, 1.165) is 11.3 Å². The molecule has 1 aromatic carbocycles. The number of rotatable bonds is 4. The van der Waals surface area contributed by atoms with Crippen molar-refractivity contribution >= 4 is 0 Å². The summed E-state index contributed by atoms with van der Waals surface area (Å²) < 4.78 is 5.64. The molecule has 0 spiro atoms. The van der Waals surface area contributed by atoms with E-state index in [2.05, 4.69) is 0 Å². The van der Waals surface area contributed by atoms with Crippen LogP contribution in [0.2, 0.25) is 0 Å². The fourth-order valence-electron chi connectivity index (χ4n) is 1.36. The number of ether oxygens (including phenoxy) is 1. The van der Waals surface area contributed by atoms with E-state index >= 15 is 0 Å². The van der Waals surface area contributed by atoms with Crippen LogP contribution in [-0.2, 0) is 6.42 Å². The van der Waals surface area contributed by atoms with Gasteiger partial charge in [0.15, 0.2) is 0 Å². The van der Waals surface area contributed by atoms with Gasteiger partial charge in [0.25, 0.3) is 0 Å². The van der Waals surface area contributed by atoms with Gasteiger partial charge in [0.2, 0.25) is 0 Å². The van der Waals surface area contributed by atoms with Crippen LogP contribution < -0.4 is 4.74 Å². The zero-order valence-electron chi connectivity index (χ0n) is 9.03. The lowest BCUT2D eigenvalue weighted by Gasteiger charge is -2.14. The van der Waals surface area contributed by atoms with Crippen molar-refractivity contribution in [3.8, 4) is 5.75 Å². The van der Waals surface area contributed by atoms with Crippen LogP contribution in [0.3, 0.4) is 0 Å². The van der Waals surface area contributed by atoms with E-state index < -0.39 is 0 Å². The summed E-state index contributed by atoms with van der Waals surface area (Å²) in [4.78, 5) is 0. The molecule has 0 amide bonds. The van der Waals surface area contributed by atoms with Gasteiger partial charge in [-0.05, 0) is 32.4 Å². The number of aliphatic hydroxyl groups excluding tert-OH is 1. The van der Waals surface area contributed by atoms with Crippen LogP contribution in [0.25, 0.3) is 0 Å². The summed E-state index contributed by atoms with van der Waals surface area (Å²) in [6.45, 7) is 5.78. The summed E-state index contributed by atoms with van der Waals surface area (Å²) >= 11 is 0. The summed E-state index contributed by atoms with van der Waals surface area (Å²) in [6.07, 6.45) is 0.486. The van der Waals surface area contributed by atoms with Crippen LogP contribution in [0.5, 0.6) is 5.75 Å². The second-order valence-corrected chi connectivity index (χ2v) is 3.83. The van der Waals surface area contributed by atoms with Gasteiger partial charge in [-0.3, -0.25) is 0 Å². The van der Waals surface area contributed by atoms with Crippen LogP contribution in [0, 0.1) is 0 Å². The minimum absolute atomic E-state index is 0.171. The molecule has 0 bridgehead atoms. The Morgan fingerprint density at radius 1 is 1.21 bits per heavy atom. The van der Waals surface area contributed by atoms with Crippen LogP contribution >= 0.6 is 0 Å². The predicted octanol–water partition coefficient (Wildman–Crippen LogP) is 2.40. The average molecular weight is 194 g/mol. The monoisotopic (exact) mass is 194 g/mol. The van der Waals surface area contributed by atoms with E-state index in [-0.39, 0.29) is 12.2 Å². The molecule has 1 rings (SSSR count). The van der Waals surface area contributed by atoms with Crippen LogP contribution in [0.15, 0.2) is 24.3 Å². The predicted molar refractivity (Wildman–Crippen MR) is 57.6 cm³/mol. The summed E-state index contributed by atoms with van der Waals surface area (Å²) in [7, 11) is 0. The highest BCUT2D eigenvalue weighted by Crippen LogP contribution is 2.20. The van der Waals surface area contributed by atoms with E-state index in [1.54, 1.807) is 6.92 Å². The van der Waals surface area contributed by atoms with Crippen molar-refractivity contribution in [2.45, 2.75) is 39.4 Å². The Kier molecular flexibility index (Phi) is 3.96. The molecule has 1 atom stereocenters. The lowest BCUT2D eigenvalue weighted by atomic mass is 10.1. The Bertz CT molecular complexity index is 250. The van der Waals surface area contributed by atoms with Gasteiger partial charge in [-0.15, -0.1) is 0 Å². The van der Waals surface area contributed by atoms with Crippen molar-refractivity contribution in [3.63, 3.8) is 0 Å². The molecule has 0 heterocycles. The van der Waals surface area contributed by atoms with Crippen molar-refractivity contribution in [2.24, 2.45) is 0 Å². The number of para-hydroxylation sites is 1. The fraction of sp³-hybridized carbons (Fsp3) is 0.500. The molecule has 1 aromatic rings. The first kappa shape index (κ1) is 11.1. The molecule has 0 saturated carbocycles. The number of aliphatic hydroxyl groups is 1. The third-order valence-electron chi connectivity index (χ3n) is 1.85. The highest BCUT2D eigenvalue weighted by Gasteiger charge is 2.06. The lowest BCUT2D eigenvalue weighted by molar-refractivity contribution is 0.190. The molecule has 78 valence electrons. The molecule has 14 heavy (non-hydrogen) atoms. The first-order valence-corrected chi connectivity index (χ1v) is 5.02. The zero-order valence-corrected chi connectivity index (χ0v) is 9.03. The third kappa shape index (κ3) is 3.38. The number of hydrogen-bond acceptors (Lipinski definition) is 2. The highest BCUT2D eigenvalue weighted by atomic mass is 16.5.